The van der Waals surface area contributed by atoms with Crippen LogP contribution < -0.4 is 25.6 Å². The van der Waals surface area contributed by atoms with Crippen LogP contribution in [0.2, 0.25) is 0 Å². The van der Waals surface area contributed by atoms with E-state index in [2.05, 4.69) is 98.1 Å². The first-order valence-electron chi connectivity index (χ1n) is 15.0. The molecule has 1 aliphatic heterocycles. The number of hydrogen-bond acceptors (Lipinski definition) is 9. The van der Waals surface area contributed by atoms with Crippen molar-refractivity contribution in [3.8, 4) is 16.9 Å². The summed E-state index contributed by atoms with van der Waals surface area (Å²) >= 11 is 3.65. The van der Waals surface area contributed by atoms with Crippen LogP contribution in [-0.4, -0.2) is 83.3 Å². The number of nitrogens with zero attached hydrogens (tertiary/aromatic N) is 7. The van der Waals surface area contributed by atoms with E-state index in [0.717, 1.165) is 75.2 Å². The van der Waals surface area contributed by atoms with Gasteiger partial charge in [0.1, 0.15) is 11.6 Å². The molecule has 45 heavy (non-hydrogen) atoms. The fourth-order valence-corrected chi connectivity index (χ4v) is 7.53. The molecule has 0 unspecified atom stereocenters. The first-order valence-corrected chi connectivity index (χ1v) is 18.0. The standard InChI is InChI=1S/C33H39BrN9OP/c1-41(2)22-11-13-43(14-12-22)29-16-30(44-4)27(15-24(29)21-17-37-42(3)20-21)39-33-36-18-25(34)32(40-33)38-28-19-35-26-10-8-7-9-23(26)31(28)45(5)6/h7-10,15-20,22H,11-14H2,1-6H3,(H2,36,38,39,40). The zero-order valence-corrected chi connectivity index (χ0v) is 29.0. The first kappa shape index (κ1) is 31.2. The summed E-state index contributed by atoms with van der Waals surface area (Å²) in [7, 11) is 7.55. The van der Waals surface area contributed by atoms with Crippen molar-refractivity contribution in [1.82, 2.24) is 29.6 Å². The molecule has 0 radical (unpaired) electrons. The molecule has 0 atom stereocenters. The molecule has 0 saturated carbocycles. The minimum atomic E-state index is -0.422. The molecule has 6 rings (SSSR count). The van der Waals surface area contributed by atoms with Gasteiger partial charge in [-0.15, -0.1) is 0 Å². The number of benzene rings is 2. The van der Waals surface area contributed by atoms with Crippen molar-refractivity contribution in [2.24, 2.45) is 7.05 Å². The average Bonchev–Trinajstić information content (AvgIpc) is 3.48. The second-order valence-corrected chi connectivity index (χ2v) is 14.8. The van der Waals surface area contributed by atoms with Crippen LogP contribution in [0.15, 0.2) is 65.7 Å². The van der Waals surface area contributed by atoms with Gasteiger partial charge >= 0.3 is 0 Å². The zero-order chi connectivity index (χ0) is 31.7. The number of ether oxygens (including phenoxy) is 1. The maximum Gasteiger partial charge on any atom is 0.229 e. The third-order valence-corrected chi connectivity index (χ3v) is 10.3. The van der Waals surface area contributed by atoms with E-state index in [4.69, 9.17) is 14.7 Å². The van der Waals surface area contributed by atoms with E-state index in [-0.39, 0.29) is 0 Å². The Bertz CT molecular complexity index is 1820. The van der Waals surface area contributed by atoms with Gasteiger partial charge in [-0.1, -0.05) is 26.1 Å². The van der Waals surface area contributed by atoms with E-state index >= 15 is 0 Å². The highest BCUT2D eigenvalue weighted by Crippen LogP contribution is 2.41. The molecule has 1 fully saturated rings. The van der Waals surface area contributed by atoms with Crippen molar-refractivity contribution in [2.75, 3.05) is 63.2 Å². The Morgan fingerprint density at radius 3 is 2.47 bits per heavy atom. The lowest BCUT2D eigenvalue weighted by Gasteiger charge is -2.37. The Kier molecular flexibility index (Phi) is 9.21. The van der Waals surface area contributed by atoms with E-state index in [0.29, 0.717) is 17.8 Å². The lowest BCUT2D eigenvalue weighted by atomic mass is 9.99. The molecule has 10 nitrogen and oxygen atoms in total. The summed E-state index contributed by atoms with van der Waals surface area (Å²) in [4.78, 5) is 19.0. The summed E-state index contributed by atoms with van der Waals surface area (Å²) in [5.74, 6) is 1.81. The number of halogens is 1. The van der Waals surface area contributed by atoms with Crippen LogP contribution in [0.25, 0.3) is 22.0 Å². The fraction of sp³-hybridized carbons (Fsp3) is 0.333. The summed E-state index contributed by atoms with van der Waals surface area (Å²) in [6.45, 7) is 6.45. The van der Waals surface area contributed by atoms with Crippen LogP contribution in [0.1, 0.15) is 12.8 Å². The topological polar surface area (TPSA) is 96.3 Å². The minimum absolute atomic E-state index is 0.422. The highest BCUT2D eigenvalue weighted by Gasteiger charge is 2.25. The van der Waals surface area contributed by atoms with Crippen LogP contribution in [-0.2, 0) is 7.05 Å². The van der Waals surface area contributed by atoms with Gasteiger partial charge < -0.3 is 25.2 Å². The van der Waals surface area contributed by atoms with Crippen molar-refractivity contribution in [1.29, 1.82) is 0 Å². The largest absolute Gasteiger partial charge is 0.494 e. The molecule has 2 aromatic carbocycles. The van der Waals surface area contributed by atoms with Crippen LogP contribution in [0, 0.1) is 0 Å². The van der Waals surface area contributed by atoms with Gasteiger partial charge in [0, 0.05) is 72.1 Å². The average molecular weight is 689 g/mol. The Labute approximate surface area is 274 Å². The molecule has 2 N–H and O–H groups in total. The van der Waals surface area contributed by atoms with Gasteiger partial charge in [-0.25, -0.2) is 4.98 Å². The van der Waals surface area contributed by atoms with Gasteiger partial charge in [0.15, 0.2) is 0 Å². The number of aromatic nitrogens is 5. The highest BCUT2D eigenvalue weighted by molar-refractivity contribution is 9.10. The summed E-state index contributed by atoms with van der Waals surface area (Å²) in [6.07, 6.45) is 9.82. The number of methoxy groups -OCH3 is 1. The number of fused-ring (bicyclic) bond motifs is 1. The second kappa shape index (κ2) is 13.3. The van der Waals surface area contributed by atoms with Gasteiger partial charge in [0.25, 0.3) is 0 Å². The molecule has 0 amide bonds. The fourth-order valence-electron chi connectivity index (χ4n) is 5.98. The number of pyridine rings is 1. The van der Waals surface area contributed by atoms with Crippen molar-refractivity contribution in [3.63, 3.8) is 0 Å². The predicted octanol–water partition coefficient (Wildman–Crippen LogP) is 6.58. The van der Waals surface area contributed by atoms with E-state index in [9.17, 15) is 0 Å². The van der Waals surface area contributed by atoms with E-state index in [1.54, 1.807) is 13.3 Å². The maximum atomic E-state index is 5.93. The van der Waals surface area contributed by atoms with Crippen LogP contribution in [0.4, 0.5) is 28.8 Å². The Balaban J connectivity index is 1.34. The molecule has 3 aromatic heterocycles. The molecular formula is C33H39BrN9OP. The molecule has 4 heterocycles. The Hall–Kier alpha value is -3.79. The minimum Gasteiger partial charge on any atom is -0.494 e. The number of hydrogen-bond donors (Lipinski definition) is 2. The van der Waals surface area contributed by atoms with E-state index in [1.807, 2.05) is 42.5 Å². The quantitative estimate of drug-likeness (QED) is 0.167. The summed E-state index contributed by atoms with van der Waals surface area (Å²) in [6, 6.07) is 13.1. The molecule has 1 saturated heterocycles. The number of piperidine rings is 1. The Morgan fingerprint density at radius 1 is 1.00 bits per heavy atom. The monoisotopic (exact) mass is 687 g/mol. The summed E-state index contributed by atoms with van der Waals surface area (Å²) < 4.78 is 8.52. The number of aryl methyl sites for hydroxylation is 1. The number of rotatable bonds is 9. The lowest BCUT2D eigenvalue weighted by Crippen LogP contribution is -2.42. The summed E-state index contributed by atoms with van der Waals surface area (Å²) in [5.41, 5.74) is 5.95. The predicted molar refractivity (Wildman–Crippen MR) is 191 cm³/mol. The maximum absolute atomic E-state index is 5.93. The highest BCUT2D eigenvalue weighted by atomic mass is 79.9. The third kappa shape index (κ3) is 6.61. The number of anilines is 5. The van der Waals surface area contributed by atoms with Crippen LogP contribution >= 0.6 is 23.9 Å². The SMILES string of the molecule is COc1cc(N2CCC(N(C)C)CC2)c(-c2cnn(C)c2)cc1Nc1ncc(Br)c(Nc2cnc3ccccc3c2P(C)C)n1. The van der Waals surface area contributed by atoms with E-state index in [1.165, 1.54) is 5.30 Å². The molecule has 0 aliphatic carbocycles. The number of nitrogens with one attached hydrogen (secondary N) is 2. The van der Waals surface area contributed by atoms with Gasteiger partial charge in [0.2, 0.25) is 5.95 Å². The zero-order valence-electron chi connectivity index (χ0n) is 26.5. The van der Waals surface area contributed by atoms with Crippen molar-refractivity contribution >= 4 is 68.9 Å². The molecular weight excluding hydrogens is 649 g/mol. The van der Waals surface area contributed by atoms with Gasteiger partial charge in [-0.3, -0.25) is 9.67 Å². The van der Waals surface area contributed by atoms with Crippen molar-refractivity contribution in [3.05, 3.63) is 65.7 Å². The second-order valence-electron chi connectivity index (χ2n) is 11.7. The van der Waals surface area contributed by atoms with Crippen LogP contribution in [0.3, 0.4) is 0 Å². The van der Waals surface area contributed by atoms with Gasteiger partial charge in [-0.05, 0) is 68.3 Å². The molecule has 234 valence electrons. The van der Waals surface area contributed by atoms with Crippen LogP contribution in [0.5, 0.6) is 5.75 Å². The van der Waals surface area contributed by atoms with Crippen molar-refractivity contribution < 1.29 is 4.74 Å². The van der Waals surface area contributed by atoms with Gasteiger partial charge in [-0.2, -0.15) is 10.1 Å². The molecule has 1 aliphatic rings. The molecule has 0 bridgehead atoms. The molecule has 0 spiro atoms. The van der Waals surface area contributed by atoms with Gasteiger partial charge in [0.05, 0.1) is 40.9 Å². The lowest BCUT2D eigenvalue weighted by molar-refractivity contribution is 0.249. The van der Waals surface area contributed by atoms with Crippen molar-refractivity contribution in [2.45, 2.75) is 18.9 Å². The summed E-state index contributed by atoms with van der Waals surface area (Å²) in [5, 5.41) is 13.9. The molecule has 12 heteroatoms. The third-order valence-electron chi connectivity index (χ3n) is 8.31. The first-order chi connectivity index (χ1) is 21.7. The normalized spacial score (nSPS) is 14.0. The smallest absolute Gasteiger partial charge is 0.229 e. The Morgan fingerprint density at radius 2 is 1.78 bits per heavy atom. The molecule has 5 aromatic rings. The van der Waals surface area contributed by atoms with E-state index < -0.39 is 7.92 Å². The number of para-hydroxylation sites is 1.